The molecule has 1 atom stereocenters. The van der Waals surface area contributed by atoms with E-state index in [0.29, 0.717) is 0 Å². The van der Waals surface area contributed by atoms with Gasteiger partial charge in [0.2, 0.25) is 5.91 Å². The van der Waals surface area contributed by atoms with E-state index < -0.39 is 39.4 Å². The van der Waals surface area contributed by atoms with Crippen LogP contribution >= 0.6 is 11.6 Å². The third-order valence-corrected chi connectivity index (χ3v) is 4.07. The molecule has 9 nitrogen and oxygen atoms in total. The Hall–Kier alpha value is -1.65. The van der Waals surface area contributed by atoms with Gasteiger partial charge in [0.05, 0.1) is 17.6 Å². The van der Waals surface area contributed by atoms with Gasteiger partial charge in [-0.2, -0.15) is 9.82 Å². The zero-order chi connectivity index (χ0) is 14.8. The highest BCUT2D eigenvalue weighted by Gasteiger charge is 2.30. The summed E-state index contributed by atoms with van der Waals surface area (Å²) in [5.41, 5.74) is 4.85. The summed E-state index contributed by atoms with van der Waals surface area (Å²) in [5, 5.41) is 11.9. The molecule has 1 aromatic heterocycles. The van der Waals surface area contributed by atoms with Gasteiger partial charge in [-0.1, -0.05) is 11.6 Å². The molecule has 11 heteroatoms. The summed E-state index contributed by atoms with van der Waals surface area (Å²) in [6.07, 6.45) is 0.421. The number of nitrogens with one attached hydrogen (secondary N) is 1. The molecule has 19 heavy (non-hydrogen) atoms. The van der Waals surface area contributed by atoms with Crippen LogP contribution in [0.4, 0.5) is 0 Å². The summed E-state index contributed by atoms with van der Waals surface area (Å²) in [5.74, 6) is -2.48. The quantitative estimate of drug-likeness (QED) is 0.594. The minimum Gasteiger partial charge on any atom is -0.480 e. The predicted molar refractivity (Wildman–Crippen MR) is 63.8 cm³/mol. The molecule has 1 aromatic rings. The lowest BCUT2D eigenvalue weighted by molar-refractivity contribution is -0.140. The van der Waals surface area contributed by atoms with Crippen LogP contribution in [0.25, 0.3) is 0 Å². The van der Waals surface area contributed by atoms with Crippen molar-refractivity contribution in [1.82, 2.24) is 14.5 Å². The molecule has 0 unspecified atom stereocenters. The number of carboxylic acids is 1. The van der Waals surface area contributed by atoms with Gasteiger partial charge in [-0.25, -0.2) is 8.42 Å². The van der Waals surface area contributed by atoms with E-state index in [9.17, 15) is 18.0 Å². The zero-order valence-corrected chi connectivity index (χ0v) is 11.3. The van der Waals surface area contributed by atoms with E-state index in [1.165, 1.54) is 7.05 Å². The van der Waals surface area contributed by atoms with Gasteiger partial charge in [0, 0.05) is 7.05 Å². The highest BCUT2D eigenvalue weighted by Crippen LogP contribution is 2.20. The molecule has 0 aliphatic carbocycles. The second-order valence-electron chi connectivity index (χ2n) is 3.60. The summed E-state index contributed by atoms with van der Waals surface area (Å²) < 4.78 is 26.7. The minimum absolute atomic E-state index is 0.168. The first-order valence-electron chi connectivity index (χ1n) is 4.86. The molecule has 1 amide bonds. The number of rotatable bonds is 6. The van der Waals surface area contributed by atoms with Gasteiger partial charge in [0.15, 0.2) is 5.03 Å². The molecule has 0 saturated carbocycles. The van der Waals surface area contributed by atoms with E-state index >= 15 is 0 Å². The van der Waals surface area contributed by atoms with Crippen LogP contribution in [-0.2, 0) is 26.7 Å². The topological polar surface area (TPSA) is 144 Å². The van der Waals surface area contributed by atoms with Gasteiger partial charge < -0.3 is 10.8 Å². The Kier molecular flexibility index (Phi) is 4.50. The van der Waals surface area contributed by atoms with Crippen molar-refractivity contribution < 1.29 is 23.1 Å². The number of hydrogen-bond acceptors (Lipinski definition) is 5. The first-order chi connectivity index (χ1) is 8.65. The van der Waals surface area contributed by atoms with Crippen molar-refractivity contribution >= 4 is 33.5 Å². The number of aromatic nitrogens is 2. The molecule has 1 rings (SSSR count). The van der Waals surface area contributed by atoms with Crippen molar-refractivity contribution in [2.24, 2.45) is 12.8 Å². The smallest absolute Gasteiger partial charge is 0.322 e. The number of carbonyl (C=O) groups excluding carboxylic acids is 1. The van der Waals surface area contributed by atoms with E-state index in [1.807, 2.05) is 4.72 Å². The third-order valence-electron chi connectivity index (χ3n) is 2.10. The van der Waals surface area contributed by atoms with Crippen LogP contribution in [0.1, 0.15) is 6.42 Å². The van der Waals surface area contributed by atoms with Crippen LogP contribution in [0.2, 0.25) is 5.02 Å². The Morgan fingerprint density at radius 2 is 2.21 bits per heavy atom. The predicted octanol–water partition coefficient (Wildman–Crippen LogP) is -1.32. The number of sulfonamides is 1. The van der Waals surface area contributed by atoms with Crippen molar-refractivity contribution in [1.29, 1.82) is 0 Å². The fourth-order valence-corrected chi connectivity index (χ4v) is 3.17. The Bertz CT molecular complexity index is 591. The average molecular weight is 311 g/mol. The van der Waals surface area contributed by atoms with Crippen LogP contribution in [0, 0.1) is 0 Å². The number of hydrogen-bond donors (Lipinski definition) is 3. The highest BCUT2D eigenvalue weighted by molar-refractivity contribution is 7.89. The van der Waals surface area contributed by atoms with E-state index in [4.69, 9.17) is 22.4 Å². The van der Waals surface area contributed by atoms with Crippen molar-refractivity contribution in [2.45, 2.75) is 17.5 Å². The monoisotopic (exact) mass is 310 g/mol. The number of aliphatic carboxylic acids is 1. The first kappa shape index (κ1) is 15.4. The van der Waals surface area contributed by atoms with E-state index in [-0.39, 0.29) is 5.02 Å². The van der Waals surface area contributed by atoms with Gasteiger partial charge in [-0.15, -0.1) is 0 Å². The molecule has 0 spiro atoms. The Morgan fingerprint density at radius 3 is 2.58 bits per heavy atom. The number of carbonyl (C=O) groups is 2. The molecule has 0 aliphatic heterocycles. The number of primary amides is 1. The summed E-state index contributed by atoms with van der Waals surface area (Å²) in [6.45, 7) is 0. The molecule has 106 valence electrons. The average Bonchev–Trinajstić information content (AvgIpc) is 2.56. The first-order valence-corrected chi connectivity index (χ1v) is 6.72. The molecule has 0 aliphatic rings. The van der Waals surface area contributed by atoms with Crippen LogP contribution in [-0.4, -0.2) is 41.2 Å². The molecule has 1 heterocycles. The molecular weight excluding hydrogens is 300 g/mol. The second-order valence-corrected chi connectivity index (χ2v) is 5.64. The molecule has 0 saturated heterocycles. The SMILES string of the molecule is Cn1ncc(Cl)c1S(=O)(=O)N[C@H](CC(N)=O)C(=O)O. The molecular formula is C8H11ClN4O5S. The van der Waals surface area contributed by atoms with E-state index in [2.05, 4.69) is 5.10 Å². The molecule has 0 bridgehead atoms. The molecule has 4 N–H and O–H groups in total. The number of amides is 1. The fraction of sp³-hybridized carbons (Fsp3) is 0.375. The summed E-state index contributed by atoms with van der Waals surface area (Å²) in [4.78, 5) is 21.6. The van der Waals surface area contributed by atoms with Crippen molar-refractivity contribution in [2.75, 3.05) is 0 Å². The maximum atomic E-state index is 12.0. The van der Waals surface area contributed by atoms with Gasteiger partial charge in [-0.3, -0.25) is 14.3 Å². The highest BCUT2D eigenvalue weighted by atomic mass is 35.5. The fourth-order valence-electron chi connectivity index (χ4n) is 1.33. The maximum absolute atomic E-state index is 12.0. The Labute approximate surface area is 113 Å². The van der Waals surface area contributed by atoms with Crippen LogP contribution in [0.5, 0.6) is 0 Å². The molecule has 0 aromatic carbocycles. The van der Waals surface area contributed by atoms with E-state index in [0.717, 1.165) is 10.9 Å². The number of nitrogens with zero attached hydrogens (tertiary/aromatic N) is 2. The summed E-state index contributed by atoms with van der Waals surface area (Å²) in [6, 6.07) is -1.67. The number of carboxylic acid groups (broad SMARTS) is 1. The van der Waals surface area contributed by atoms with Gasteiger partial charge in [0.1, 0.15) is 6.04 Å². The van der Waals surface area contributed by atoms with Crippen molar-refractivity contribution in [3.05, 3.63) is 11.2 Å². The number of nitrogens with two attached hydrogens (primary N) is 1. The van der Waals surface area contributed by atoms with E-state index in [1.54, 1.807) is 0 Å². The summed E-state index contributed by atoms with van der Waals surface area (Å²) in [7, 11) is -2.91. The standard InChI is InChI=1S/C8H11ClN4O5S/c1-13-7(4(9)3-11-13)19(17,18)12-5(8(15)16)2-6(10)14/h3,5,12H,2H2,1H3,(H2,10,14)(H,15,16)/t5-/m1/s1. The van der Waals surface area contributed by atoms with Crippen LogP contribution in [0.15, 0.2) is 11.2 Å². The van der Waals surface area contributed by atoms with Crippen LogP contribution in [0.3, 0.4) is 0 Å². The largest absolute Gasteiger partial charge is 0.480 e. The van der Waals surface area contributed by atoms with Crippen LogP contribution < -0.4 is 10.5 Å². The number of aryl methyl sites for hydroxylation is 1. The normalized spacial score (nSPS) is 13.2. The lowest BCUT2D eigenvalue weighted by atomic mass is 10.2. The van der Waals surface area contributed by atoms with Crippen molar-refractivity contribution in [3.8, 4) is 0 Å². The van der Waals surface area contributed by atoms with Gasteiger partial charge >= 0.3 is 5.97 Å². The Morgan fingerprint density at radius 1 is 1.63 bits per heavy atom. The van der Waals surface area contributed by atoms with Gasteiger partial charge in [-0.05, 0) is 0 Å². The maximum Gasteiger partial charge on any atom is 0.322 e. The third kappa shape index (κ3) is 3.66. The lowest BCUT2D eigenvalue weighted by Gasteiger charge is -2.13. The molecule has 0 fully saturated rings. The molecule has 0 radical (unpaired) electrons. The van der Waals surface area contributed by atoms with Crippen molar-refractivity contribution in [3.63, 3.8) is 0 Å². The van der Waals surface area contributed by atoms with Gasteiger partial charge in [0.25, 0.3) is 10.0 Å². The number of halogens is 1. The second kappa shape index (κ2) is 5.55. The minimum atomic E-state index is -4.24. The summed E-state index contributed by atoms with van der Waals surface area (Å²) >= 11 is 5.66. The zero-order valence-electron chi connectivity index (χ0n) is 9.70. The Balaban J connectivity index is 3.08. The lowest BCUT2D eigenvalue weighted by Crippen LogP contribution is -2.43.